The molecule has 2 heteroatoms. The lowest BCUT2D eigenvalue weighted by atomic mass is 9.71. The van der Waals surface area contributed by atoms with Crippen molar-refractivity contribution < 1.29 is 9.84 Å². The van der Waals surface area contributed by atoms with E-state index in [0.29, 0.717) is 5.92 Å². The maximum Gasteiger partial charge on any atom is 0.0698 e. The van der Waals surface area contributed by atoms with Gasteiger partial charge in [-0.05, 0) is 38.0 Å². The number of aliphatic hydroxyl groups is 1. The molecule has 0 aromatic heterocycles. The molecule has 1 N–H and O–H groups in total. The van der Waals surface area contributed by atoms with E-state index in [-0.39, 0.29) is 5.60 Å². The molecule has 2 aliphatic rings. The molecule has 0 aromatic carbocycles. The summed E-state index contributed by atoms with van der Waals surface area (Å²) in [5.41, 5.74) is -0.387. The molecule has 1 saturated heterocycles. The van der Waals surface area contributed by atoms with Crippen molar-refractivity contribution in [3.8, 4) is 0 Å². The lowest BCUT2D eigenvalue weighted by Gasteiger charge is -2.39. The summed E-state index contributed by atoms with van der Waals surface area (Å²) in [6.07, 6.45) is 6.76. The Morgan fingerprint density at radius 2 is 2.00 bits per heavy atom. The van der Waals surface area contributed by atoms with Gasteiger partial charge in [-0.1, -0.05) is 13.3 Å². The molecule has 1 aliphatic heterocycles. The maximum atomic E-state index is 10.5. The van der Waals surface area contributed by atoms with Crippen molar-refractivity contribution in [2.45, 2.75) is 51.0 Å². The third kappa shape index (κ3) is 1.96. The fraction of sp³-hybridized carbons (Fsp3) is 1.00. The van der Waals surface area contributed by atoms with E-state index in [0.717, 1.165) is 38.4 Å². The molecule has 0 spiro atoms. The first kappa shape index (κ1) is 10.4. The summed E-state index contributed by atoms with van der Waals surface area (Å²) >= 11 is 0. The third-order valence-corrected chi connectivity index (χ3v) is 4.24. The van der Waals surface area contributed by atoms with Crippen LogP contribution in [0.5, 0.6) is 0 Å². The van der Waals surface area contributed by atoms with Crippen LogP contribution >= 0.6 is 0 Å². The SMILES string of the molecule is CCC1CCC(O)(C2CCOC2)CC1. The Labute approximate surface area is 86.6 Å². The van der Waals surface area contributed by atoms with Gasteiger partial charge < -0.3 is 9.84 Å². The smallest absolute Gasteiger partial charge is 0.0698 e. The minimum Gasteiger partial charge on any atom is -0.390 e. The second kappa shape index (κ2) is 4.19. The largest absolute Gasteiger partial charge is 0.390 e. The van der Waals surface area contributed by atoms with Crippen LogP contribution in [0, 0.1) is 11.8 Å². The zero-order valence-electron chi connectivity index (χ0n) is 9.17. The normalized spacial score (nSPS) is 44.1. The Morgan fingerprint density at radius 1 is 1.29 bits per heavy atom. The average molecular weight is 198 g/mol. The van der Waals surface area contributed by atoms with E-state index in [2.05, 4.69) is 6.92 Å². The molecule has 2 nitrogen and oxygen atoms in total. The highest BCUT2D eigenvalue weighted by atomic mass is 16.5. The predicted molar refractivity (Wildman–Crippen MR) is 56.1 cm³/mol. The second-order valence-corrected chi connectivity index (χ2v) is 5.02. The first-order valence-electron chi connectivity index (χ1n) is 6.05. The monoisotopic (exact) mass is 198 g/mol. The van der Waals surface area contributed by atoms with Gasteiger partial charge >= 0.3 is 0 Å². The van der Waals surface area contributed by atoms with Gasteiger partial charge in [0.1, 0.15) is 0 Å². The Hall–Kier alpha value is -0.0800. The van der Waals surface area contributed by atoms with Crippen LogP contribution in [0.3, 0.4) is 0 Å². The van der Waals surface area contributed by atoms with Gasteiger partial charge in [0.2, 0.25) is 0 Å². The molecule has 1 heterocycles. The van der Waals surface area contributed by atoms with E-state index < -0.39 is 0 Å². The van der Waals surface area contributed by atoms with Crippen LogP contribution in [0.4, 0.5) is 0 Å². The summed E-state index contributed by atoms with van der Waals surface area (Å²) in [6, 6.07) is 0. The van der Waals surface area contributed by atoms with E-state index in [1.54, 1.807) is 0 Å². The number of rotatable bonds is 2. The van der Waals surface area contributed by atoms with E-state index >= 15 is 0 Å². The summed E-state index contributed by atoms with van der Waals surface area (Å²) in [4.78, 5) is 0. The quantitative estimate of drug-likeness (QED) is 0.738. The van der Waals surface area contributed by atoms with Crippen LogP contribution in [0.15, 0.2) is 0 Å². The van der Waals surface area contributed by atoms with Crippen LogP contribution in [0.25, 0.3) is 0 Å². The topological polar surface area (TPSA) is 29.5 Å². The number of hydrogen-bond donors (Lipinski definition) is 1. The van der Waals surface area contributed by atoms with E-state index in [4.69, 9.17) is 4.74 Å². The Bertz CT molecular complexity index is 177. The Balaban J connectivity index is 1.90. The van der Waals surface area contributed by atoms with Gasteiger partial charge in [-0.15, -0.1) is 0 Å². The molecule has 2 fully saturated rings. The average Bonchev–Trinajstić information content (AvgIpc) is 2.72. The molecule has 1 unspecified atom stereocenters. The molecular weight excluding hydrogens is 176 g/mol. The Morgan fingerprint density at radius 3 is 2.50 bits per heavy atom. The lowest BCUT2D eigenvalue weighted by molar-refractivity contribution is -0.0608. The van der Waals surface area contributed by atoms with Gasteiger partial charge in [0.05, 0.1) is 12.2 Å². The van der Waals surface area contributed by atoms with Crippen molar-refractivity contribution in [2.24, 2.45) is 11.8 Å². The highest BCUT2D eigenvalue weighted by Gasteiger charge is 2.41. The summed E-state index contributed by atoms with van der Waals surface area (Å²) < 4.78 is 5.37. The first-order chi connectivity index (χ1) is 6.74. The van der Waals surface area contributed by atoms with Crippen molar-refractivity contribution in [2.75, 3.05) is 13.2 Å². The van der Waals surface area contributed by atoms with Gasteiger partial charge in [0.15, 0.2) is 0 Å². The molecular formula is C12H22O2. The van der Waals surface area contributed by atoms with Gasteiger partial charge in [-0.25, -0.2) is 0 Å². The van der Waals surface area contributed by atoms with Gasteiger partial charge in [-0.3, -0.25) is 0 Å². The zero-order chi connectivity index (χ0) is 10.0. The molecule has 0 aromatic rings. The maximum absolute atomic E-state index is 10.5. The highest BCUT2D eigenvalue weighted by molar-refractivity contribution is 4.92. The fourth-order valence-electron chi connectivity index (χ4n) is 2.95. The van der Waals surface area contributed by atoms with E-state index in [9.17, 15) is 5.11 Å². The zero-order valence-corrected chi connectivity index (χ0v) is 9.17. The van der Waals surface area contributed by atoms with Crippen molar-refractivity contribution in [1.82, 2.24) is 0 Å². The molecule has 1 saturated carbocycles. The molecule has 0 bridgehead atoms. The van der Waals surface area contributed by atoms with Gasteiger partial charge in [0.25, 0.3) is 0 Å². The predicted octanol–water partition coefficient (Wildman–Crippen LogP) is 2.35. The van der Waals surface area contributed by atoms with Crippen LogP contribution in [-0.4, -0.2) is 23.9 Å². The standard InChI is InChI=1S/C12H22O2/c1-2-10-3-6-12(13,7-4-10)11-5-8-14-9-11/h10-11,13H,2-9H2,1H3. The third-order valence-electron chi connectivity index (χ3n) is 4.24. The van der Waals surface area contributed by atoms with Crippen LogP contribution in [0.1, 0.15) is 45.4 Å². The summed E-state index contributed by atoms with van der Waals surface area (Å²) in [5.74, 6) is 1.28. The van der Waals surface area contributed by atoms with Gasteiger partial charge in [0, 0.05) is 12.5 Å². The highest BCUT2D eigenvalue weighted by Crippen LogP contribution is 2.40. The lowest BCUT2D eigenvalue weighted by Crippen LogP contribution is -2.41. The molecule has 1 aliphatic carbocycles. The second-order valence-electron chi connectivity index (χ2n) is 5.02. The van der Waals surface area contributed by atoms with E-state index in [1.807, 2.05) is 0 Å². The van der Waals surface area contributed by atoms with Crippen LogP contribution in [-0.2, 0) is 4.74 Å². The molecule has 14 heavy (non-hydrogen) atoms. The minimum absolute atomic E-state index is 0.387. The van der Waals surface area contributed by atoms with Crippen molar-refractivity contribution >= 4 is 0 Å². The molecule has 0 radical (unpaired) electrons. The minimum atomic E-state index is -0.387. The van der Waals surface area contributed by atoms with E-state index in [1.165, 1.54) is 19.3 Å². The first-order valence-corrected chi connectivity index (χ1v) is 6.05. The number of ether oxygens (including phenoxy) is 1. The Kier molecular flexibility index (Phi) is 3.13. The van der Waals surface area contributed by atoms with Crippen LogP contribution in [0.2, 0.25) is 0 Å². The molecule has 2 rings (SSSR count). The fourth-order valence-corrected chi connectivity index (χ4v) is 2.95. The molecule has 1 atom stereocenters. The van der Waals surface area contributed by atoms with Gasteiger partial charge in [-0.2, -0.15) is 0 Å². The summed E-state index contributed by atoms with van der Waals surface area (Å²) in [5, 5.41) is 10.5. The molecule has 82 valence electrons. The van der Waals surface area contributed by atoms with Crippen molar-refractivity contribution in [1.29, 1.82) is 0 Å². The summed E-state index contributed by atoms with van der Waals surface area (Å²) in [7, 11) is 0. The van der Waals surface area contributed by atoms with Crippen molar-refractivity contribution in [3.05, 3.63) is 0 Å². The van der Waals surface area contributed by atoms with Crippen LogP contribution < -0.4 is 0 Å². The van der Waals surface area contributed by atoms with Crippen molar-refractivity contribution in [3.63, 3.8) is 0 Å². The summed E-state index contributed by atoms with van der Waals surface area (Å²) in [6.45, 7) is 3.89. The number of hydrogen-bond acceptors (Lipinski definition) is 2. The molecule has 0 amide bonds.